The van der Waals surface area contributed by atoms with Crippen molar-refractivity contribution in [2.24, 2.45) is 0 Å². The molecule has 1 atom stereocenters. The number of nitrogens with one attached hydrogen (secondary N) is 1. The van der Waals surface area contributed by atoms with Gasteiger partial charge in [-0.15, -0.1) is 5.10 Å². The average Bonchev–Trinajstić information content (AvgIpc) is 2.98. The molecule has 0 aliphatic carbocycles. The van der Waals surface area contributed by atoms with Crippen molar-refractivity contribution in [2.75, 3.05) is 5.32 Å². The molecule has 116 valence electrons. The van der Waals surface area contributed by atoms with Gasteiger partial charge in [0, 0.05) is 6.20 Å². The smallest absolute Gasteiger partial charge is 0.352 e. The van der Waals surface area contributed by atoms with Crippen LogP contribution in [-0.4, -0.2) is 32.6 Å². The minimum absolute atomic E-state index is 0.161. The lowest BCUT2D eigenvalue weighted by molar-refractivity contribution is -0.123. The van der Waals surface area contributed by atoms with Gasteiger partial charge in [0.05, 0.1) is 11.4 Å². The Morgan fingerprint density at radius 2 is 2.27 bits per heavy atom. The molecule has 0 saturated carbocycles. The zero-order chi connectivity index (χ0) is 16.1. The number of pyridine rings is 1. The van der Waals surface area contributed by atoms with Crippen LogP contribution in [0.25, 0.3) is 0 Å². The molecular formula is C13H13ClN4O3S. The number of hydrogen-bond acceptors (Lipinski definition) is 7. The molecule has 2 rings (SSSR count). The second-order valence-electron chi connectivity index (χ2n) is 4.28. The number of hydrogen-bond donors (Lipinski definition) is 1. The highest BCUT2D eigenvalue weighted by Gasteiger charge is 2.23. The standard InChI is InChI=1S/C13H13ClN4O3S/c1-3-8-10(22-18-17-8)13(20)21-7(2)12(19)16-9-5-4-6-15-11(9)14/h4-7H,3H2,1-2H3,(H,16,19)/t7-/m0/s1. The minimum Gasteiger partial charge on any atom is -0.448 e. The van der Waals surface area contributed by atoms with E-state index in [1.807, 2.05) is 6.92 Å². The molecule has 0 radical (unpaired) electrons. The van der Waals surface area contributed by atoms with E-state index in [9.17, 15) is 9.59 Å². The first kappa shape index (κ1) is 16.3. The van der Waals surface area contributed by atoms with Crippen molar-refractivity contribution in [3.05, 3.63) is 34.1 Å². The van der Waals surface area contributed by atoms with Crippen molar-refractivity contribution >= 4 is 40.7 Å². The van der Waals surface area contributed by atoms with Crippen LogP contribution in [0.3, 0.4) is 0 Å². The molecular weight excluding hydrogens is 328 g/mol. The molecule has 22 heavy (non-hydrogen) atoms. The summed E-state index contributed by atoms with van der Waals surface area (Å²) in [7, 11) is 0. The fourth-order valence-electron chi connectivity index (χ4n) is 1.58. The van der Waals surface area contributed by atoms with Gasteiger partial charge in [0.15, 0.2) is 16.1 Å². The molecule has 2 aromatic rings. The third kappa shape index (κ3) is 3.77. The summed E-state index contributed by atoms with van der Waals surface area (Å²) in [5.41, 5.74) is 0.906. The molecule has 0 saturated heterocycles. The van der Waals surface area contributed by atoms with Gasteiger partial charge in [-0.25, -0.2) is 9.78 Å². The van der Waals surface area contributed by atoms with Gasteiger partial charge in [-0.1, -0.05) is 23.0 Å². The molecule has 0 bridgehead atoms. The Hall–Kier alpha value is -2.06. The fraction of sp³-hybridized carbons (Fsp3) is 0.308. The highest BCUT2D eigenvalue weighted by Crippen LogP contribution is 2.18. The number of carbonyl (C=O) groups excluding carboxylic acids is 2. The van der Waals surface area contributed by atoms with Crippen molar-refractivity contribution in [1.82, 2.24) is 14.6 Å². The molecule has 2 aromatic heterocycles. The summed E-state index contributed by atoms with van der Waals surface area (Å²) < 4.78 is 8.84. The van der Waals surface area contributed by atoms with Gasteiger partial charge in [-0.05, 0) is 37.0 Å². The van der Waals surface area contributed by atoms with Crippen molar-refractivity contribution in [2.45, 2.75) is 26.4 Å². The van der Waals surface area contributed by atoms with E-state index < -0.39 is 18.0 Å². The van der Waals surface area contributed by atoms with Crippen LogP contribution in [0.2, 0.25) is 5.15 Å². The number of rotatable bonds is 5. The molecule has 9 heteroatoms. The van der Waals surface area contributed by atoms with E-state index in [0.29, 0.717) is 22.7 Å². The van der Waals surface area contributed by atoms with Crippen LogP contribution in [0, 0.1) is 0 Å². The number of anilines is 1. The number of carbonyl (C=O) groups is 2. The Morgan fingerprint density at radius 1 is 1.50 bits per heavy atom. The number of esters is 1. The van der Waals surface area contributed by atoms with Gasteiger partial charge in [0.1, 0.15) is 0 Å². The van der Waals surface area contributed by atoms with Gasteiger partial charge in [0.2, 0.25) is 0 Å². The summed E-state index contributed by atoms with van der Waals surface area (Å²) in [5.74, 6) is -1.12. The fourth-order valence-corrected chi connectivity index (χ4v) is 2.38. The number of nitrogens with zero attached hydrogens (tertiary/aromatic N) is 3. The quantitative estimate of drug-likeness (QED) is 0.663. The monoisotopic (exact) mass is 340 g/mol. The largest absolute Gasteiger partial charge is 0.448 e. The van der Waals surface area contributed by atoms with Crippen LogP contribution in [-0.2, 0) is 16.0 Å². The van der Waals surface area contributed by atoms with Crippen LogP contribution < -0.4 is 5.32 Å². The minimum atomic E-state index is -0.990. The van der Waals surface area contributed by atoms with E-state index in [4.69, 9.17) is 16.3 Å². The summed E-state index contributed by atoms with van der Waals surface area (Å²) in [6.45, 7) is 3.33. The third-order valence-electron chi connectivity index (χ3n) is 2.75. The lowest BCUT2D eigenvalue weighted by Gasteiger charge is -2.13. The van der Waals surface area contributed by atoms with Gasteiger partial charge in [-0.2, -0.15) is 0 Å². The van der Waals surface area contributed by atoms with Crippen LogP contribution in [0.1, 0.15) is 29.2 Å². The topological polar surface area (TPSA) is 94.1 Å². The first-order valence-electron chi connectivity index (χ1n) is 6.46. The van der Waals surface area contributed by atoms with E-state index in [2.05, 4.69) is 19.9 Å². The summed E-state index contributed by atoms with van der Waals surface area (Å²) >= 11 is 6.79. The molecule has 7 nitrogen and oxygen atoms in total. The zero-order valence-electron chi connectivity index (χ0n) is 11.9. The van der Waals surface area contributed by atoms with Crippen molar-refractivity contribution in [3.63, 3.8) is 0 Å². The average molecular weight is 341 g/mol. The number of aromatic nitrogens is 3. The first-order valence-corrected chi connectivity index (χ1v) is 7.61. The van der Waals surface area contributed by atoms with Crippen LogP contribution in [0.15, 0.2) is 18.3 Å². The maximum Gasteiger partial charge on any atom is 0.352 e. The Bertz CT molecular complexity index is 691. The Morgan fingerprint density at radius 3 is 2.95 bits per heavy atom. The van der Waals surface area contributed by atoms with E-state index >= 15 is 0 Å². The maximum atomic E-state index is 12.0. The SMILES string of the molecule is CCc1nnsc1C(=O)O[C@@H](C)C(=O)Nc1cccnc1Cl. The summed E-state index contributed by atoms with van der Waals surface area (Å²) in [5, 5.41) is 6.54. The van der Waals surface area contributed by atoms with E-state index in [0.717, 1.165) is 11.5 Å². The predicted molar refractivity (Wildman–Crippen MR) is 82.0 cm³/mol. The van der Waals surface area contributed by atoms with Crippen molar-refractivity contribution in [1.29, 1.82) is 0 Å². The number of ether oxygens (including phenoxy) is 1. The van der Waals surface area contributed by atoms with Crippen molar-refractivity contribution in [3.8, 4) is 0 Å². The van der Waals surface area contributed by atoms with E-state index in [1.165, 1.54) is 13.1 Å². The van der Waals surface area contributed by atoms with Crippen LogP contribution in [0.4, 0.5) is 5.69 Å². The van der Waals surface area contributed by atoms with E-state index in [1.54, 1.807) is 12.1 Å². The summed E-state index contributed by atoms with van der Waals surface area (Å²) in [6, 6.07) is 3.23. The number of aryl methyl sites for hydroxylation is 1. The normalized spacial score (nSPS) is 11.8. The molecule has 2 heterocycles. The van der Waals surface area contributed by atoms with Crippen LogP contribution in [0.5, 0.6) is 0 Å². The number of halogens is 1. The van der Waals surface area contributed by atoms with Crippen LogP contribution >= 0.6 is 23.1 Å². The second-order valence-corrected chi connectivity index (χ2v) is 5.39. The molecule has 0 aliphatic rings. The molecule has 0 aliphatic heterocycles. The summed E-state index contributed by atoms with van der Waals surface area (Å²) in [4.78, 5) is 28.2. The Labute approximate surface area is 135 Å². The Kier molecular flexibility index (Phi) is 5.40. The third-order valence-corrected chi connectivity index (χ3v) is 3.80. The molecule has 0 aromatic carbocycles. The lowest BCUT2D eigenvalue weighted by Crippen LogP contribution is -2.30. The molecule has 0 unspecified atom stereocenters. The zero-order valence-corrected chi connectivity index (χ0v) is 13.4. The van der Waals surface area contributed by atoms with Crippen molar-refractivity contribution < 1.29 is 14.3 Å². The summed E-state index contributed by atoms with van der Waals surface area (Å²) in [6.07, 6.45) is 1.08. The Balaban J connectivity index is 2.00. The first-order chi connectivity index (χ1) is 10.5. The predicted octanol–water partition coefficient (Wildman–Crippen LogP) is 2.33. The highest BCUT2D eigenvalue weighted by atomic mass is 35.5. The molecule has 0 spiro atoms. The van der Waals surface area contributed by atoms with Gasteiger partial charge < -0.3 is 10.1 Å². The van der Waals surface area contributed by atoms with Gasteiger partial charge >= 0.3 is 5.97 Å². The lowest BCUT2D eigenvalue weighted by atomic mass is 10.3. The second kappa shape index (κ2) is 7.28. The maximum absolute atomic E-state index is 12.0. The van der Waals surface area contributed by atoms with Gasteiger partial charge in [-0.3, -0.25) is 4.79 Å². The number of amides is 1. The highest BCUT2D eigenvalue weighted by molar-refractivity contribution is 7.07. The molecule has 0 fully saturated rings. The molecule has 1 amide bonds. The van der Waals surface area contributed by atoms with Gasteiger partial charge in [0.25, 0.3) is 5.91 Å². The van der Waals surface area contributed by atoms with E-state index in [-0.39, 0.29) is 5.15 Å². The molecule has 1 N–H and O–H groups in total.